The van der Waals surface area contributed by atoms with Crippen molar-refractivity contribution in [1.82, 2.24) is 5.01 Å². The Labute approximate surface area is 109 Å². The van der Waals surface area contributed by atoms with Gasteiger partial charge in [0.25, 0.3) is 0 Å². The Bertz CT molecular complexity index is 538. The third-order valence-electron chi connectivity index (χ3n) is 2.94. The summed E-state index contributed by atoms with van der Waals surface area (Å²) in [5.74, 6) is -4.89. The van der Waals surface area contributed by atoms with Gasteiger partial charge in [-0.2, -0.15) is 13.9 Å². The lowest BCUT2D eigenvalue weighted by atomic mass is 10.0. The minimum absolute atomic E-state index is 0.0328. The van der Waals surface area contributed by atoms with Gasteiger partial charge in [0.05, 0.1) is 6.04 Å². The van der Waals surface area contributed by atoms with Crippen molar-refractivity contribution in [3.8, 4) is 5.75 Å². The van der Waals surface area contributed by atoms with Crippen molar-refractivity contribution in [2.75, 3.05) is 0 Å². The van der Waals surface area contributed by atoms with Crippen LogP contribution in [0.4, 0.5) is 8.78 Å². The summed E-state index contributed by atoms with van der Waals surface area (Å²) in [6, 6.07) is 5.68. The number of amides is 1. The van der Waals surface area contributed by atoms with Crippen LogP contribution in [0, 0.1) is 0 Å². The normalized spacial score (nSPS) is 19.5. The van der Waals surface area contributed by atoms with Gasteiger partial charge in [0.1, 0.15) is 5.75 Å². The highest BCUT2D eigenvalue weighted by Crippen LogP contribution is 2.37. The van der Waals surface area contributed by atoms with E-state index in [1.165, 1.54) is 6.07 Å². The maximum atomic E-state index is 13.2. The summed E-state index contributed by atoms with van der Waals surface area (Å²) in [5, 5.41) is 14.4. The number of carbonyl (C=O) groups is 1. The van der Waals surface area contributed by atoms with Gasteiger partial charge in [-0.1, -0.05) is 18.2 Å². The van der Waals surface area contributed by atoms with Crippen molar-refractivity contribution >= 4 is 11.6 Å². The molecule has 0 bridgehead atoms. The molecule has 1 aliphatic heterocycles. The van der Waals surface area contributed by atoms with Crippen LogP contribution in [0.2, 0.25) is 0 Å². The summed E-state index contributed by atoms with van der Waals surface area (Å²) in [5.41, 5.74) is 0.992. The quantitative estimate of drug-likeness (QED) is 0.896. The standard InChI is InChI=1S/C13H14F2N2O2/c1-8-7-10(9-5-3-4-6-11(9)18)17(16-8)12(19)13(2,14)15/h3-6,10,18H,7H2,1-2H3. The number of carbonyl (C=O) groups excluding carboxylic acids is 1. The summed E-state index contributed by atoms with van der Waals surface area (Å²) in [6.45, 7) is 2.20. The number of phenols is 1. The number of rotatable bonds is 2. The van der Waals surface area contributed by atoms with Gasteiger partial charge in [-0.25, -0.2) is 5.01 Å². The predicted octanol–water partition coefficient (Wildman–Crippen LogP) is 2.70. The third-order valence-corrected chi connectivity index (χ3v) is 2.94. The van der Waals surface area contributed by atoms with Crippen LogP contribution in [0.15, 0.2) is 29.4 Å². The lowest BCUT2D eigenvalue weighted by Crippen LogP contribution is -2.39. The fourth-order valence-electron chi connectivity index (χ4n) is 2.06. The van der Waals surface area contributed by atoms with Crippen LogP contribution >= 0.6 is 0 Å². The number of halogens is 2. The van der Waals surface area contributed by atoms with E-state index >= 15 is 0 Å². The number of hydrazone groups is 1. The van der Waals surface area contributed by atoms with Crippen LogP contribution in [0.3, 0.4) is 0 Å². The molecule has 0 saturated carbocycles. The number of hydrogen-bond donors (Lipinski definition) is 1. The van der Waals surface area contributed by atoms with Crippen molar-refractivity contribution in [1.29, 1.82) is 0 Å². The molecule has 6 heteroatoms. The maximum absolute atomic E-state index is 13.2. The molecule has 102 valence electrons. The number of hydrogen-bond acceptors (Lipinski definition) is 3. The Morgan fingerprint density at radius 2 is 2.11 bits per heavy atom. The van der Waals surface area contributed by atoms with E-state index in [1.807, 2.05) is 0 Å². The van der Waals surface area contributed by atoms with Crippen molar-refractivity contribution in [3.63, 3.8) is 0 Å². The van der Waals surface area contributed by atoms with E-state index in [0.717, 1.165) is 5.01 Å². The number of benzene rings is 1. The van der Waals surface area contributed by atoms with E-state index < -0.39 is 17.9 Å². The number of nitrogens with zero attached hydrogens (tertiary/aromatic N) is 2. The van der Waals surface area contributed by atoms with Gasteiger partial charge in [0.15, 0.2) is 0 Å². The van der Waals surface area contributed by atoms with Crippen LogP contribution in [-0.2, 0) is 4.79 Å². The molecule has 1 heterocycles. The Balaban J connectivity index is 2.37. The summed E-state index contributed by atoms with van der Waals surface area (Å²) in [6.07, 6.45) is 0.333. The molecule has 1 amide bonds. The fourth-order valence-corrected chi connectivity index (χ4v) is 2.06. The molecule has 1 aromatic rings. The van der Waals surface area contributed by atoms with Crippen molar-refractivity contribution in [3.05, 3.63) is 29.8 Å². The molecule has 4 nitrogen and oxygen atoms in total. The third kappa shape index (κ3) is 2.57. The highest BCUT2D eigenvalue weighted by molar-refractivity contribution is 5.90. The minimum Gasteiger partial charge on any atom is -0.508 e. The predicted molar refractivity (Wildman–Crippen MR) is 66.0 cm³/mol. The smallest absolute Gasteiger partial charge is 0.323 e. The zero-order valence-corrected chi connectivity index (χ0v) is 10.6. The largest absolute Gasteiger partial charge is 0.508 e. The molecule has 1 atom stereocenters. The van der Waals surface area contributed by atoms with Crippen LogP contribution in [0.5, 0.6) is 5.75 Å². The molecule has 2 rings (SSSR count). The minimum atomic E-state index is -3.49. The number of alkyl halides is 2. The fraction of sp³-hybridized carbons (Fsp3) is 0.385. The molecule has 0 aliphatic carbocycles. The summed E-state index contributed by atoms with van der Waals surface area (Å²) in [7, 11) is 0. The first-order chi connectivity index (χ1) is 8.80. The van der Waals surface area contributed by atoms with Gasteiger partial charge in [-0.05, 0) is 13.0 Å². The average Bonchev–Trinajstić information content (AvgIpc) is 2.69. The van der Waals surface area contributed by atoms with Crippen LogP contribution in [0.1, 0.15) is 31.9 Å². The Morgan fingerprint density at radius 3 is 2.68 bits per heavy atom. The van der Waals surface area contributed by atoms with Gasteiger partial charge in [-0.3, -0.25) is 4.79 Å². The Morgan fingerprint density at radius 1 is 1.47 bits per heavy atom. The lowest BCUT2D eigenvalue weighted by molar-refractivity contribution is -0.156. The van der Waals surface area contributed by atoms with Gasteiger partial charge in [0, 0.05) is 24.6 Å². The molecule has 1 aromatic carbocycles. The second-order valence-electron chi connectivity index (χ2n) is 4.65. The second-order valence-corrected chi connectivity index (χ2v) is 4.65. The van der Waals surface area contributed by atoms with E-state index in [1.54, 1.807) is 25.1 Å². The van der Waals surface area contributed by atoms with Crippen molar-refractivity contribution < 1.29 is 18.7 Å². The second kappa shape index (κ2) is 4.60. The van der Waals surface area contributed by atoms with Crippen molar-refractivity contribution in [2.45, 2.75) is 32.2 Å². The van der Waals surface area contributed by atoms with E-state index in [-0.39, 0.29) is 5.75 Å². The molecule has 1 N–H and O–H groups in total. The van der Waals surface area contributed by atoms with Crippen molar-refractivity contribution in [2.24, 2.45) is 5.10 Å². The number of aromatic hydroxyl groups is 1. The first-order valence-electron chi connectivity index (χ1n) is 5.84. The molecule has 1 unspecified atom stereocenters. The lowest BCUT2D eigenvalue weighted by Gasteiger charge is -2.25. The molecule has 0 fully saturated rings. The first kappa shape index (κ1) is 13.5. The van der Waals surface area contributed by atoms with Gasteiger partial charge in [0.2, 0.25) is 0 Å². The summed E-state index contributed by atoms with van der Waals surface area (Å²) in [4.78, 5) is 11.7. The molecule has 0 spiro atoms. The van der Waals surface area contributed by atoms with Crippen LogP contribution < -0.4 is 0 Å². The molecule has 0 aromatic heterocycles. The number of para-hydroxylation sites is 1. The monoisotopic (exact) mass is 268 g/mol. The summed E-state index contributed by atoms with van der Waals surface area (Å²) < 4.78 is 26.3. The number of phenolic OH excluding ortho intramolecular Hbond substituents is 1. The van der Waals surface area contributed by atoms with Crippen LogP contribution in [0.25, 0.3) is 0 Å². The zero-order valence-electron chi connectivity index (χ0n) is 10.6. The molecular weight excluding hydrogens is 254 g/mol. The van der Waals surface area contributed by atoms with Gasteiger partial charge >= 0.3 is 11.8 Å². The topological polar surface area (TPSA) is 52.9 Å². The zero-order chi connectivity index (χ0) is 14.2. The van der Waals surface area contributed by atoms with E-state index in [0.29, 0.717) is 24.6 Å². The SMILES string of the molecule is CC1=NN(C(=O)C(C)(F)F)C(c2ccccc2O)C1. The molecule has 1 aliphatic rings. The van der Waals surface area contributed by atoms with Crippen LogP contribution in [-0.4, -0.2) is 27.7 Å². The maximum Gasteiger partial charge on any atom is 0.323 e. The van der Waals surface area contributed by atoms with Gasteiger partial charge < -0.3 is 5.11 Å². The molecule has 0 radical (unpaired) electrons. The Kier molecular flexibility index (Phi) is 3.26. The Hall–Kier alpha value is -1.98. The molecule has 0 saturated heterocycles. The molecule has 19 heavy (non-hydrogen) atoms. The highest BCUT2D eigenvalue weighted by atomic mass is 19.3. The highest BCUT2D eigenvalue weighted by Gasteiger charge is 2.43. The molecular formula is C13H14F2N2O2. The average molecular weight is 268 g/mol. The first-order valence-corrected chi connectivity index (χ1v) is 5.84. The van der Waals surface area contributed by atoms with Gasteiger partial charge in [-0.15, -0.1) is 0 Å². The van der Waals surface area contributed by atoms with E-state index in [4.69, 9.17) is 0 Å². The van der Waals surface area contributed by atoms with E-state index in [9.17, 15) is 18.7 Å². The summed E-state index contributed by atoms with van der Waals surface area (Å²) >= 11 is 0. The van der Waals surface area contributed by atoms with E-state index in [2.05, 4.69) is 5.10 Å².